The van der Waals surface area contributed by atoms with Gasteiger partial charge in [-0.25, -0.2) is 4.98 Å². The summed E-state index contributed by atoms with van der Waals surface area (Å²) < 4.78 is 2.31. The van der Waals surface area contributed by atoms with Gasteiger partial charge in [-0.3, -0.25) is 4.57 Å². The van der Waals surface area contributed by atoms with Crippen LogP contribution in [0.15, 0.2) is 72.8 Å². The van der Waals surface area contributed by atoms with E-state index in [9.17, 15) is 0 Å². The zero-order valence-corrected chi connectivity index (χ0v) is 13.4. The van der Waals surface area contributed by atoms with Crippen molar-refractivity contribution in [3.63, 3.8) is 0 Å². The Labute approximate surface area is 140 Å². The lowest BCUT2D eigenvalue weighted by Crippen LogP contribution is -2.24. The van der Waals surface area contributed by atoms with Crippen molar-refractivity contribution in [3.8, 4) is 11.4 Å². The third-order valence-electron chi connectivity index (χ3n) is 4.71. The van der Waals surface area contributed by atoms with E-state index in [1.165, 1.54) is 11.1 Å². The monoisotopic (exact) mass is 311 g/mol. The maximum absolute atomic E-state index is 4.91. The molecule has 2 heterocycles. The SMILES string of the molecule is Cc1ccc([C@H]2Nc3ccccc3-c3nc4ccccc4n32)cc1. The van der Waals surface area contributed by atoms with Gasteiger partial charge in [0.25, 0.3) is 0 Å². The number of nitrogens with one attached hydrogen (secondary N) is 1. The molecule has 0 unspecified atom stereocenters. The highest BCUT2D eigenvalue weighted by Crippen LogP contribution is 2.40. The van der Waals surface area contributed by atoms with E-state index < -0.39 is 0 Å². The van der Waals surface area contributed by atoms with Crippen LogP contribution < -0.4 is 5.32 Å². The van der Waals surface area contributed by atoms with Gasteiger partial charge >= 0.3 is 0 Å². The van der Waals surface area contributed by atoms with E-state index in [1.54, 1.807) is 0 Å². The Morgan fingerprint density at radius 3 is 2.50 bits per heavy atom. The van der Waals surface area contributed by atoms with Crippen LogP contribution in [-0.2, 0) is 0 Å². The second-order valence-electron chi connectivity index (χ2n) is 6.30. The minimum Gasteiger partial charge on any atom is -0.361 e. The summed E-state index contributed by atoms with van der Waals surface area (Å²) in [6.07, 6.45) is 0.0444. The van der Waals surface area contributed by atoms with Gasteiger partial charge in [0, 0.05) is 11.3 Å². The smallest absolute Gasteiger partial charge is 0.145 e. The molecule has 1 atom stereocenters. The van der Waals surface area contributed by atoms with Gasteiger partial charge in [-0.15, -0.1) is 0 Å². The second kappa shape index (κ2) is 4.96. The van der Waals surface area contributed by atoms with Gasteiger partial charge < -0.3 is 5.32 Å². The maximum atomic E-state index is 4.91. The number of benzene rings is 3. The molecule has 0 aliphatic carbocycles. The van der Waals surface area contributed by atoms with E-state index in [1.807, 2.05) is 6.07 Å². The topological polar surface area (TPSA) is 29.9 Å². The van der Waals surface area contributed by atoms with Crippen molar-refractivity contribution in [3.05, 3.63) is 83.9 Å². The quantitative estimate of drug-likeness (QED) is 0.537. The molecule has 4 aromatic rings. The Bertz CT molecular complexity index is 1040. The summed E-state index contributed by atoms with van der Waals surface area (Å²) in [6.45, 7) is 2.12. The highest BCUT2D eigenvalue weighted by molar-refractivity contribution is 5.86. The van der Waals surface area contributed by atoms with Crippen molar-refractivity contribution in [2.24, 2.45) is 0 Å². The van der Waals surface area contributed by atoms with E-state index in [0.717, 1.165) is 28.1 Å². The standard InChI is InChI=1S/C21H17N3/c1-14-10-12-15(13-11-14)20-22-17-7-3-2-6-16(17)21-23-18-8-4-5-9-19(18)24(20)21/h2-13,20,22H,1H3/t20-/m0/s1. The van der Waals surface area contributed by atoms with Gasteiger partial charge in [-0.05, 0) is 36.8 Å². The highest BCUT2D eigenvalue weighted by Gasteiger charge is 2.27. The number of hydrogen-bond acceptors (Lipinski definition) is 2. The van der Waals surface area contributed by atoms with Crippen LogP contribution in [0.4, 0.5) is 5.69 Å². The molecule has 3 nitrogen and oxygen atoms in total. The Balaban J connectivity index is 1.81. The van der Waals surface area contributed by atoms with Gasteiger partial charge in [-0.2, -0.15) is 0 Å². The van der Waals surface area contributed by atoms with Crippen molar-refractivity contribution in [2.45, 2.75) is 13.1 Å². The van der Waals surface area contributed by atoms with Gasteiger partial charge in [0.1, 0.15) is 12.0 Å². The molecule has 1 aliphatic heterocycles. The molecule has 0 saturated carbocycles. The zero-order chi connectivity index (χ0) is 16.1. The normalized spacial score (nSPS) is 15.6. The van der Waals surface area contributed by atoms with Crippen LogP contribution in [0.3, 0.4) is 0 Å². The average Bonchev–Trinajstić information content (AvgIpc) is 3.02. The molecule has 0 radical (unpaired) electrons. The summed E-state index contributed by atoms with van der Waals surface area (Å²) in [4.78, 5) is 4.91. The van der Waals surface area contributed by atoms with Crippen LogP contribution in [0.1, 0.15) is 17.3 Å². The van der Waals surface area contributed by atoms with Crippen molar-refractivity contribution in [1.29, 1.82) is 0 Å². The molecule has 0 fully saturated rings. The summed E-state index contributed by atoms with van der Waals surface area (Å²) in [5, 5.41) is 3.69. The fourth-order valence-corrected chi connectivity index (χ4v) is 3.49. The molecule has 0 bridgehead atoms. The van der Waals surface area contributed by atoms with Gasteiger partial charge in [0.15, 0.2) is 0 Å². The number of aromatic nitrogens is 2. The number of nitrogens with zero attached hydrogens (tertiary/aromatic N) is 2. The fraction of sp³-hybridized carbons (Fsp3) is 0.0952. The molecule has 1 aromatic heterocycles. The molecular weight excluding hydrogens is 294 g/mol. The number of para-hydroxylation sites is 3. The summed E-state index contributed by atoms with van der Waals surface area (Å²) >= 11 is 0. The van der Waals surface area contributed by atoms with Gasteiger partial charge in [-0.1, -0.05) is 54.1 Å². The molecule has 0 spiro atoms. The average molecular weight is 311 g/mol. The molecule has 0 amide bonds. The van der Waals surface area contributed by atoms with Crippen LogP contribution in [0.2, 0.25) is 0 Å². The predicted octanol–water partition coefficient (Wildman–Crippen LogP) is 4.98. The largest absolute Gasteiger partial charge is 0.361 e. The van der Waals surface area contributed by atoms with Crippen LogP contribution in [-0.4, -0.2) is 9.55 Å². The second-order valence-corrected chi connectivity index (χ2v) is 6.30. The number of rotatable bonds is 1. The first-order chi connectivity index (χ1) is 11.8. The fourth-order valence-electron chi connectivity index (χ4n) is 3.49. The minimum absolute atomic E-state index is 0.0444. The van der Waals surface area contributed by atoms with Crippen molar-refractivity contribution < 1.29 is 0 Å². The molecule has 0 saturated heterocycles. The number of fused-ring (bicyclic) bond motifs is 5. The summed E-state index contributed by atoms with van der Waals surface area (Å²) in [5.74, 6) is 1.02. The molecular formula is C21H17N3. The third kappa shape index (κ3) is 1.88. The summed E-state index contributed by atoms with van der Waals surface area (Å²) in [7, 11) is 0. The molecule has 3 heteroatoms. The Morgan fingerprint density at radius 2 is 1.62 bits per heavy atom. The lowest BCUT2D eigenvalue weighted by Gasteiger charge is -2.30. The lowest BCUT2D eigenvalue weighted by molar-refractivity contribution is 0.669. The van der Waals surface area contributed by atoms with Crippen LogP contribution in [0.25, 0.3) is 22.4 Å². The first-order valence-electron chi connectivity index (χ1n) is 8.21. The maximum Gasteiger partial charge on any atom is 0.145 e. The van der Waals surface area contributed by atoms with E-state index in [2.05, 4.69) is 83.5 Å². The first-order valence-corrected chi connectivity index (χ1v) is 8.21. The van der Waals surface area contributed by atoms with Gasteiger partial charge in [0.2, 0.25) is 0 Å². The van der Waals surface area contributed by atoms with E-state index in [-0.39, 0.29) is 6.17 Å². The Morgan fingerprint density at radius 1 is 0.875 bits per heavy atom. The molecule has 1 aliphatic rings. The van der Waals surface area contributed by atoms with Crippen LogP contribution >= 0.6 is 0 Å². The van der Waals surface area contributed by atoms with Crippen molar-refractivity contribution >= 4 is 16.7 Å². The Kier molecular flexibility index (Phi) is 2.77. The minimum atomic E-state index is 0.0444. The molecule has 116 valence electrons. The number of anilines is 1. The van der Waals surface area contributed by atoms with Gasteiger partial charge in [0.05, 0.1) is 11.0 Å². The zero-order valence-electron chi connectivity index (χ0n) is 13.4. The molecule has 5 rings (SSSR count). The van der Waals surface area contributed by atoms with E-state index in [4.69, 9.17) is 4.98 Å². The van der Waals surface area contributed by atoms with Crippen molar-refractivity contribution in [2.75, 3.05) is 5.32 Å². The molecule has 1 N–H and O–H groups in total. The Hall–Kier alpha value is -3.07. The molecule has 3 aromatic carbocycles. The van der Waals surface area contributed by atoms with E-state index >= 15 is 0 Å². The lowest BCUT2D eigenvalue weighted by atomic mass is 10.0. The highest BCUT2D eigenvalue weighted by atomic mass is 15.2. The van der Waals surface area contributed by atoms with E-state index in [0.29, 0.717) is 0 Å². The summed E-state index contributed by atoms with van der Waals surface area (Å²) in [5.41, 5.74) is 6.97. The predicted molar refractivity (Wildman–Crippen MR) is 98.1 cm³/mol. The van der Waals surface area contributed by atoms with Crippen molar-refractivity contribution in [1.82, 2.24) is 9.55 Å². The van der Waals surface area contributed by atoms with Crippen LogP contribution in [0.5, 0.6) is 0 Å². The number of hydrogen-bond donors (Lipinski definition) is 1. The number of imidazole rings is 1. The summed E-state index contributed by atoms with van der Waals surface area (Å²) in [6, 6.07) is 25.4. The molecule has 24 heavy (non-hydrogen) atoms. The third-order valence-corrected chi connectivity index (χ3v) is 4.71. The first kappa shape index (κ1) is 13.4. The number of aryl methyl sites for hydroxylation is 1. The van der Waals surface area contributed by atoms with Crippen LogP contribution in [0, 0.1) is 6.92 Å².